The van der Waals surface area contributed by atoms with Crippen LogP contribution in [-0.4, -0.2) is 99.7 Å². The number of hydrogen-bond donors (Lipinski definition) is 0. The van der Waals surface area contributed by atoms with E-state index in [-0.39, 0.29) is 49.5 Å². The lowest BCUT2D eigenvalue weighted by Crippen LogP contribution is -2.19. The van der Waals surface area contributed by atoms with E-state index in [2.05, 4.69) is 357 Å². The van der Waals surface area contributed by atoms with E-state index in [1.54, 1.807) is 81.4 Å². The first-order valence-electron chi connectivity index (χ1n) is 38.1. The zero-order valence-corrected chi connectivity index (χ0v) is 82.0. The summed E-state index contributed by atoms with van der Waals surface area (Å²) in [5, 5.41) is 50.1. The molecule has 0 bridgehead atoms. The second-order valence-electron chi connectivity index (χ2n) is 40.7. The minimum Gasteiger partial charge on any atom is -0.452 e. The van der Waals surface area contributed by atoms with E-state index < -0.39 is 0 Å². The van der Waals surface area contributed by atoms with Crippen LogP contribution in [0.1, 0.15) is 317 Å². The van der Waals surface area contributed by atoms with Crippen LogP contribution >= 0.6 is 45.7 Å². The highest BCUT2D eigenvalue weighted by Gasteiger charge is 2.26. The van der Waals surface area contributed by atoms with Gasteiger partial charge in [0.25, 0.3) is 0 Å². The summed E-state index contributed by atoms with van der Waals surface area (Å²) in [6.45, 7) is 85.4. The number of nitrogens with zero attached hydrogens (tertiary/aromatic N) is 23. The molecule has 12 heterocycles. The van der Waals surface area contributed by atoms with Gasteiger partial charge in [-0.3, -0.25) is 14.3 Å². The first-order chi connectivity index (χ1) is 52.0. The summed E-state index contributed by atoms with van der Waals surface area (Å²) in [4.78, 5) is 22.8. The predicted octanol–water partition coefficient (Wildman–Crippen LogP) is 25.0. The minimum atomic E-state index is -0.0718. The van der Waals surface area contributed by atoms with Crippen molar-refractivity contribution in [2.45, 2.75) is 321 Å². The third-order valence-electron chi connectivity index (χ3n) is 11.0. The predicted molar refractivity (Wildman–Crippen MR) is 477 cm³/mol. The van der Waals surface area contributed by atoms with Gasteiger partial charge in [0.05, 0.1) is 35.1 Å². The van der Waals surface area contributed by atoms with Crippen LogP contribution in [0.25, 0.3) is 0 Å². The highest BCUT2D eigenvalue weighted by molar-refractivity contribution is 7.09. The maximum absolute atomic E-state index is 4.98. The van der Waals surface area contributed by atoms with E-state index in [0.717, 1.165) is 28.0 Å². The van der Waals surface area contributed by atoms with Gasteiger partial charge in [-0.1, -0.05) is 287 Å². The Kier molecular flexibility index (Phi) is 53.8. The van der Waals surface area contributed by atoms with Crippen molar-refractivity contribution >= 4 is 45.7 Å². The molecule has 0 aromatic carbocycles. The van der Waals surface area contributed by atoms with Crippen LogP contribution in [0.5, 0.6) is 0 Å². The lowest BCUT2D eigenvalue weighted by atomic mass is 9.93. The molecule has 27 nitrogen and oxygen atoms in total. The van der Waals surface area contributed by atoms with Crippen LogP contribution in [0.3, 0.4) is 0 Å². The Morgan fingerprint density at radius 3 is 1.12 bits per heavy atom. The van der Waals surface area contributed by atoms with Crippen molar-refractivity contribution in [1.82, 2.24) is 93.5 Å². The van der Waals surface area contributed by atoms with Gasteiger partial charge in [-0.2, -0.15) is 23.9 Å². The Bertz CT molecular complexity index is 3380. The van der Waals surface area contributed by atoms with Gasteiger partial charge in [0.1, 0.15) is 47.0 Å². The molecule has 0 fully saturated rings. The Morgan fingerprint density at radius 2 is 0.948 bits per heavy atom. The van der Waals surface area contributed by atoms with Gasteiger partial charge in [0.15, 0.2) is 18.4 Å². The van der Waals surface area contributed by atoms with Crippen molar-refractivity contribution in [2.75, 3.05) is 0 Å². The van der Waals surface area contributed by atoms with Crippen molar-refractivity contribution in [3.63, 3.8) is 0 Å². The van der Waals surface area contributed by atoms with E-state index in [4.69, 9.17) is 8.94 Å². The average Bonchev–Trinajstić information content (AvgIpc) is 1.80. The third-order valence-corrected chi connectivity index (χ3v) is 13.6. The summed E-state index contributed by atoms with van der Waals surface area (Å²) >= 11 is 6.13. The highest BCUT2D eigenvalue weighted by Crippen LogP contribution is 2.27. The summed E-state index contributed by atoms with van der Waals surface area (Å²) in [5.74, 6) is 2.37. The van der Waals surface area contributed by atoms with E-state index in [1.807, 2.05) is 101 Å². The molecular formula is C84H151N23O4S4. The number of imidazole rings is 1. The molecule has 0 spiro atoms. The first kappa shape index (κ1) is 113. The molecule has 0 saturated carbocycles. The van der Waals surface area contributed by atoms with Gasteiger partial charge in [-0.25, -0.2) is 19.9 Å². The largest absolute Gasteiger partial charge is 0.452 e. The Labute approximate surface area is 709 Å². The maximum atomic E-state index is 4.98. The topological polar surface area (TPSA) is 323 Å². The average molecular weight is 1680 g/mol. The van der Waals surface area contributed by atoms with Crippen molar-refractivity contribution in [1.29, 1.82) is 0 Å². The molecule has 31 heteroatoms. The SMILES string of the molecule is CC(C)(C)C.CC(C)(C)C.CC(C)(C)C.CC(C)(C)C.CC(C)(C)C1N=NN=N1.CC(C)(C)c1ccon1.CC(C)(C)c1ccsn1.CC(C)(C)c1ncon1.CC(C)(C)c1ncsn1.CC(C)(C)c1nnco1.CC(C)(C)c1nncs1.Cn1ccc(C(C)(C)C)n1.Cn1ccnc1.Cn1cncn1.c1cocn1.c1cscn1. The summed E-state index contributed by atoms with van der Waals surface area (Å²) in [6, 6.07) is 6.02. The molecule has 0 unspecified atom stereocenters. The number of aromatic nitrogens is 19. The van der Waals surface area contributed by atoms with Gasteiger partial charge in [0.2, 0.25) is 18.7 Å². The molecule has 115 heavy (non-hydrogen) atoms. The van der Waals surface area contributed by atoms with E-state index >= 15 is 0 Å². The summed E-state index contributed by atoms with van der Waals surface area (Å²) < 4.78 is 32.4. The molecule has 1 aliphatic rings. The van der Waals surface area contributed by atoms with Crippen LogP contribution in [0.2, 0.25) is 0 Å². The number of thiazole rings is 1. The molecule has 11 aromatic heterocycles. The fourth-order valence-electron chi connectivity index (χ4n) is 5.47. The fraction of sp³-hybridized carbons (Fsp3) is 0.667. The van der Waals surface area contributed by atoms with Crippen LogP contribution in [0.15, 0.2) is 166 Å². The standard InChI is InChI=1S/C8H14N2.C7H11NO.C7H11NS.2C6H10N2O.2C6H10N2S.C5H10N4.4C5H12.C4H6N2.C3H5N3.C3H3NO.C3H3NS/c1-8(2,3)7-5-6-10(4)9-7;2*1-7(2,3)6-4-5-9-8-6;1-6(2,3)5-8-7-4-9-5;1-6(2,3)5-7-4-9-8-5;1-6(2,3)5-8-7-4-9-5;1-6(2,3)5-7-4-9-8-5;1-5(2,3)4-6-8-9-7-4;4*1-5(2,3)4;1-6-3-2-5-4-6;1-6-3-4-2-5-6;2*1-2-5-3-4-1/h5-6H,1-4H3;2*4-5H,1-3H3;5*4H,1-3H3;4*1-4H3;2-4H,1H3;2-3H,1H3;2*1-3H. The molecule has 1 aliphatic heterocycles. The monoisotopic (exact) mass is 1670 g/mol. The van der Waals surface area contributed by atoms with Crippen LogP contribution in [0.4, 0.5) is 0 Å². The zero-order chi connectivity index (χ0) is 90.0. The molecule has 12 rings (SSSR count). The van der Waals surface area contributed by atoms with Gasteiger partial charge >= 0.3 is 0 Å². The van der Waals surface area contributed by atoms with Gasteiger partial charge < -0.3 is 22.4 Å². The minimum absolute atomic E-state index is 0.00694. The second-order valence-corrected chi connectivity index (χ2v) is 43.5. The Hall–Kier alpha value is -8.16. The second kappa shape index (κ2) is 54.7. The molecule has 11 aromatic rings. The highest BCUT2D eigenvalue weighted by atomic mass is 32.1. The van der Waals surface area contributed by atoms with Crippen molar-refractivity contribution in [3.8, 4) is 0 Å². The van der Waals surface area contributed by atoms with E-state index in [1.165, 1.54) is 60.5 Å². The molecule has 0 radical (unpaired) electrons. The van der Waals surface area contributed by atoms with Crippen LogP contribution in [0, 0.1) is 27.1 Å². The lowest BCUT2D eigenvalue weighted by Gasteiger charge is -2.17. The zero-order valence-electron chi connectivity index (χ0n) is 78.8. The molecule has 0 saturated heterocycles. The first-order valence-corrected chi connectivity index (χ1v) is 41.6. The molecule has 0 atom stereocenters. The quantitative estimate of drug-likeness (QED) is 0.136. The maximum Gasteiger partial charge on any atom is 0.221 e. The summed E-state index contributed by atoms with van der Waals surface area (Å²) in [7, 11) is 5.70. The van der Waals surface area contributed by atoms with E-state index in [9.17, 15) is 0 Å². The third kappa shape index (κ3) is 76.9. The van der Waals surface area contributed by atoms with Crippen molar-refractivity contribution in [2.24, 2.45) is 68.9 Å². The Morgan fingerprint density at radius 1 is 0.400 bits per heavy atom. The van der Waals surface area contributed by atoms with Gasteiger partial charge in [-0.15, -0.1) is 53.3 Å². The molecular weight excluding hydrogens is 1520 g/mol. The molecule has 0 aliphatic carbocycles. The lowest BCUT2D eigenvalue weighted by molar-refractivity contribution is 0.328. The van der Waals surface area contributed by atoms with Crippen molar-refractivity contribution in [3.05, 3.63) is 167 Å². The molecule has 0 N–H and O–H groups in total. The number of oxazole rings is 1. The normalized spacial score (nSPS) is 11.9. The summed E-state index contributed by atoms with van der Waals surface area (Å²) in [6.07, 6.45) is 21.0. The van der Waals surface area contributed by atoms with E-state index in [0.29, 0.717) is 27.6 Å². The summed E-state index contributed by atoms with van der Waals surface area (Å²) in [5.41, 5.74) is 11.5. The number of aryl methyl sites for hydroxylation is 3. The van der Waals surface area contributed by atoms with Crippen LogP contribution < -0.4 is 0 Å². The number of rotatable bonds is 0. The van der Waals surface area contributed by atoms with Gasteiger partial charge in [0, 0.05) is 106 Å². The van der Waals surface area contributed by atoms with Crippen molar-refractivity contribution < 1.29 is 17.9 Å². The molecule has 650 valence electrons. The molecule has 0 amide bonds. The fourth-order valence-corrected chi connectivity index (χ4v) is 7.78. The van der Waals surface area contributed by atoms with Crippen LogP contribution in [-0.2, 0) is 59.0 Å². The Balaban J connectivity index is -0.000000575. The number of hydrogen-bond acceptors (Lipinski definition) is 28. The smallest absolute Gasteiger partial charge is 0.221 e. The van der Waals surface area contributed by atoms with Gasteiger partial charge in [-0.05, 0) is 67.3 Å².